The van der Waals surface area contributed by atoms with E-state index in [1.165, 1.54) is 30.6 Å². The minimum Gasteiger partial charge on any atom is -0.480 e. The number of hydrogen-bond acceptors (Lipinski definition) is 6. The minimum atomic E-state index is -0.702. The zero-order chi connectivity index (χ0) is 21.8. The van der Waals surface area contributed by atoms with Gasteiger partial charge in [-0.05, 0) is 36.4 Å². The van der Waals surface area contributed by atoms with Crippen LogP contribution in [0.15, 0.2) is 66.2 Å². The molecule has 0 aliphatic rings. The summed E-state index contributed by atoms with van der Waals surface area (Å²) < 4.78 is 32.1. The molecule has 0 bridgehead atoms. The van der Waals surface area contributed by atoms with Gasteiger partial charge in [0.25, 0.3) is 5.91 Å². The molecule has 6 nitrogen and oxygen atoms in total. The standard InChI is InChI=1S/C22H16F2N4O2S/c1-30-21-16(6-3-9-25-21)20(29)26-15-5-2-4-13(10-15)19-12-31-22(28-19)27-18-8-7-14(23)11-17(18)24/h2-12H,1H3,(H,26,29)(H,27,28). The van der Waals surface area contributed by atoms with Crippen LogP contribution in [0.4, 0.5) is 25.3 Å². The molecule has 0 fully saturated rings. The van der Waals surface area contributed by atoms with Crippen molar-refractivity contribution in [3.8, 4) is 17.1 Å². The van der Waals surface area contributed by atoms with Gasteiger partial charge in [0.05, 0.1) is 18.5 Å². The van der Waals surface area contributed by atoms with Crippen LogP contribution in [0.1, 0.15) is 10.4 Å². The number of carbonyl (C=O) groups is 1. The van der Waals surface area contributed by atoms with Crippen LogP contribution in [0, 0.1) is 11.6 Å². The molecule has 0 aliphatic heterocycles. The Morgan fingerprint density at radius 2 is 1.97 bits per heavy atom. The molecular weight excluding hydrogens is 422 g/mol. The quantitative estimate of drug-likeness (QED) is 0.416. The maximum atomic E-state index is 13.9. The highest BCUT2D eigenvalue weighted by Crippen LogP contribution is 2.29. The number of ether oxygens (including phenoxy) is 1. The number of amides is 1. The van der Waals surface area contributed by atoms with Gasteiger partial charge in [0.15, 0.2) is 5.13 Å². The van der Waals surface area contributed by atoms with Gasteiger partial charge in [-0.3, -0.25) is 4.79 Å². The van der Waals surface area contributed by atoms with Crippen LogP contribution in [-0.4, -0.2) is 23.0 Å². The normalized spacial score (nSPS) is 10.5. The van der Waals surface area contributed by atoms with E-state index >= 15 is 0 Å². The number of nitrogens with zero attached hydrogens (tertiary/aromatic N) is 2. The summed E-state index contributed by atoms with van der Waals surface area (Å²) in [5.41, 5.74) is 2.43. The first-order valence-electron chi connectivity index (χ1n) is 9.12. The Kier molecular flexibility index (Phi) is 5.85. The molecule has 156 valence electrons. The second kappa shape index (κ2) is 8.88. The molecule has 0 saturated carbocycles. The van der Waals surface area contributed by atoms with Crippen LogP contribution in [-0.2, 0) is 0 Å². The van der Waals surface area contributed by atoms with Gasteiger partial charge in [-0.1, -0.05) is 12.1 Å². The molecule has 4 rings (SSSR count). The summed E-state index contributed by atoms with van der Waals surface area (Å²) >= 11 is 1.28. The smallest absolute Gasteiger partial charge is 0.261 e. The first kappa shape index (κ1) is 20.4. The molecule has 0 spiro atoms. The number of hydrogen-bond donors (Lipinski definition) is 2. The van der Waals surface area contributed by atoms with E-state index in [1.54, 1.807) is 41.9 Å². The van der Waals surface area contributed by atoms with Crippen molar-refractivity contribution < 1.29 is 18.3 Å². The second-order valence-electron chi connectivity index (χ2n) is 6.38. The predicted molar refractivity (Wildman–Crippen MR) is 116 cm³/mol. The van der Waals surface area contributed by atoms with E-state index in [4.69, 9.17) is 4.74 Å². The Bertz CT molecular complexity index is 1250. The van der Waals surface area contributed by atoms with Gasteiger partial charge in [0.2, 0.25) is 5.88 Å². The Morgan fingerprint density at radius 1 is 1.10 bits per heavy atom. The number of aromatic nitrogens is 2. The molecule has 0 aliphatic carbocycles. The number of carbonyl (C=O) groups excluding carboxylic acids is 1. The Hall–Kier alpha value is -3.85. The zero-order valence-electron chi connectivity index (χ0n) is 16.2. The van der Waals surface area contributed by atoms with Gasteiger partial charge >= 0.3 is 0 Å². The van der Waals surface area contributed by atoms with Gasteiger partial charge in [-0.25, -0.2) is 18.7 Å². The predicted octanol–water partition coefficient (Wildman–Crippen LogP) is 5.49. The van der Waals surface area contributed by atoms with Gasteiger partial charge < -0.3 is 15.4 Å². The van der Waals surface area contributed by atoms with E-state index in [2.05, 4.69) is 20.6 Å². The van der Waals surface area contributed by atoms with E-state index in [0.717, 1.165) is 11.6 Å². The van der Waals surface area contributed by atoms with Crippen molar-refractivity contribution in [2.45, 2.75) is 0 Å². The topological polar surface area (TPSA) is 76.1 Å². The largest absolute Gasteiger partial charge is 0.480 e. The number of rotatable bonds is 6. The number of thiazole rings is 1. The molecule has 0 atom stereocenters. The Morgan fingerprint density at radius 3 is 2.77 bits per heavy atom. The molecule has 0 unspecified atom stereocenters. The van der Waals surface area contributed by atoms with Crippen LogP contribution in [0.5, 0.6) is 5.88 Å². The van der Waals surface area contributed by atoms with Crippen molar-refractivity contribution >= 4 is 33.8 Å². The molecule has 2 aromatic carbocycles. The van der Waals surface area contributed by atoms with Crippen molar-refractivity contribution in [3.63, 3.8) is 0 Å². The highest BCUT2D eigenvalue weighted by atomic mass is 32.1. The average Bonchev–Trinajstić information content (AvgIpc) is 3.24. The lowest BCUT2D eigenvalue weighted by Crippen LogP contribution is -2.13. The number of halogens is 2. The molecule has 2 aromatic heterocycles. The number of anilines is 3. The lowest BCUT2D eigenvalue weighted by molar-refractivity contribution is 0.102. The Labute approximate surface area is 180 Å². The van der Waals surface area contributed by atoms with Crippen LogP contribution in [0.25, 0.3) is 11.3 Å². The summed E-state index contributed by atoms with van der Waals surface area (Å²) in [6.45, 7) is 0. The highest BCUT2D eigenvalue weighted by Gasteiger charge is 2.14. The molecule has 31 heavy (non-hydrogen) atoms. The SMILES string of the molecule is COc1ncccc1C(=O)Nc1cccc(-c2csc(Nc3ccc(F)cc3F)n2)c1. The molecule has 1 amide bonds. The summed E-state index contributed by atoms with van der Waals surface area (Å²) in [5, 5.41) is 7.92. The van der Waals surface area contributed by atoms with Gasteiger partial charge in [-0.2, -0.15) is 0 Å². The van der Waals surface area contributed by atoms with E-state index in [-0.39, 0.29) is 17.5 Å². The lowest BCUT2D eigenvalue weighted by atomic mass is 10.1. The van der Waals surface area contributed by atoms with E-state index in [9.17, 15) is 13.6 Å². The third-order valence-electron chi connectivity index (χ3n) is 4.30. The zero-order valence-corrected chi connectivity index (χ0v) is 17.0. The highest BCUT2D eigenvalue weighted by molar-refractivity contribution is 7.14. The average molecular weight is 438 g/mol. The summed E-state index contributed by atoms with van der Waals surface area (Å²) in [6.07, 6.45) is 1.54. The van der Waals surface area contributed by atoms with Crippen LogP contribution in [0.3, 0.4) is 0 Å². The molecule has 0 saturated heterocycles. The van der Waals surface area contributed by atoms with Crippen LogP contribution < -0.4 is 15.4 Å². The van der Waals surface area contributed by atoms with Gasteiger partial charge in [-0.15, -0.1) is 11.3 Å². The first-order valence-corrected chi connectivity index (χ1v) is 10.00. The number of methoxy groups -OCH3 is 1. The first-order chi connectivity index (χ1) is 15.0. The molecule has 4 aromatic rings. The third kappa shape index (κ3) is 4.67. The van der Waals surface area contributed by atoms with E-state index in [1.807, 2.05) is 6.07 Å². The fourth-order valence-electron chi connectivity index (χ4n) is 2.85. The molecule has 0 radical (unpaired) electrons. The second-order valence-corrected chi connectivity index (χ2v) is 7.24. The van der Waals surface area contributed by atoms with Crippen molar-refractivity contribution in [3.05, 3.63) is 83.4 Å². The number of benzene rings is 2. The molecule has 9 heteroatoms. The monoisotopic (exact) mass is 438 g/mol. The van der Waals surface area contributed by atoms with Crippen molar-refractivity contribution in [2.24, 2.45) is 0 Å². The summed E-state index contributed by atoms with van der Waals surface area (Å²) in [5.74, 6) is -1.47. The van der Waals surface area contributed by atoms with Gasteiger partial charge in [0.1, 0.15) is 17.2 Å². The minimum absolute atomic E-state index is 0.133. The van der Waals surface area contributed by atoms with Crippen LogP contribution in [0.2, 0.25) is 0 Å². The van der Waals surface area contributed by atoms with Crippen molar-refractivity contribution in [1.29, 1.82) is 0 Å². The van der Waals surface area contributed by atoms with E-state index < -0.39 is 11.6 Å². The third-order valence-corrected chi connectivity index (χ3v) is 5.06. The summed E-state index contributed by atoms with van der Waals surface area (Å²) in [6, 6.07) is 13.7. The van der Waals surface area contributed by atoms with Crippen molar-refractivity contribution in [1.82, 2.24) is 9.97 Å². The fourth-order valence-corrected chi connectivity index (χ4v) is 3.58. The maximum Gasteiger partial charge on any atom is 0.261 e. The molecular formula is C22H16F2N4O2S. The number of nitrogens with one attached hydrogen (secondary N) is 2. The Balaban J connectivity index is 1.51. The number of pyridine rings is 1. The summed E-state index contributed by atoms with van der Waals surface area (Å²) in [7, 11) is 1.45. The molecule has 2 heterocycles. The van der Waals surface area contributed by atoms with Gasteiger partial charge in [0, 0.05) is 28.9 Å². The fraction of sp³-hybridized carbons (Fsp3) is 0.0455. The van der Waals surface area contributed by atoms with Crippen molar-refractivity contribution in [2.75, 3.05) is 17.7 Å². The maximum absolute atomic E-state index is 13.9. The summed E-state index contributed by atoms with van der Waals surface area (Å²) in [4.78, 5) is 21.1. The lowest BCUT2D eigenvalue weighted by Gasteiger charge is -2.09. The van der Waals surface area contributed by atoms with Crippen LogP contribution >= 0.6 is 11.3 Å². The van der Waals surface area contributed by atoms with E-state index in [0.29, 0.717) is 22.1 Å². The molecule has 2 N–H and O–H groups in total.